The smallest absolute Gasteiger partial charge is 0.311 e. The van der Waals surface area contributed by atoms with E-state index in [9.17, 15) is 24.6 Å². The molecule has 0 radical (unpaired) electrons. The standard InChI is InChI=1S/C18H12FN3O4S/c1-21-14-4-2-3-5-17(14)27-18(21)12(9-20)15(23)10-26-16-8-11(19)6-7-13(16)22(24)25/h2-8H,10H2,1H3. The minimum Gasteiger partial charge on any atom is -0.478 e. The third kappa shape index (κ3) is 3.61. The van der Waals surface area contributed by atoms with E-state index in [1.807, 2.05) is 30.3 Å². The first-order chi connectivity index (χ1) is 12.9. The van der Waals surface area contributed by atoms with Crippen molar-refractivity contribution in [1.82, 2.24) is 0 Å². The largest absolute Gasteiger partial charge is 0.478 e. The number of nitriles is 1. The van der Waals surface area contributed by atoms with Gasteiger partial charge in [0, 0.05) is 24.1 Å². The number of hydrogen-bond acceptors (Lipinski definition) is 7. The Hall–Kier alpha value is -3.38. The number of halogens is 1. The van der Waals surface area contributed by atoms with Crippen LogP contribution in [0.2, 0.25) is 0 Å². The van der Waals surface area contributed by atoms with E-state index in [-0.39, 0.29) is 11.3 Å². The predicted molar refractivity (Wildman–Crippen MR) is 96.9 cm³/mol. The van der Waals surface area contributed by atoms with E-state index in [1.165, 1.54) is 11.8 Å². The summed E-state index contributed by atoms with van der Waals surface area (Å²) in [6.45, 7) is -0.624. The molecule has 0 amide bonds. The molecule has 1 aliphatic heterocycles. The molecule has 7 nitrogen and oxygen atoms in total. The highest BCUT2D eigenvalue weighted by Crippen LogP contribution is 2.46. The van der Waals surface area contributed by atoms with Crippen LogP contribution in [0.25, 0.3) is 0 Å². The van der Waals surface area contributed by atoms with Gasteiger partial charge in [0.15, 0.2) is 12.4 Å². The fourth-order valence-corrected chi connectivity index (χ4v) is 3.68. The van der Waals surface area contributed by atoms with E-state index in [0.29, 0.717) is 5.03 Å². The summed E-state index contributed by atoms with van der Waals surface area (Å²) < 4.78 is 18.5. The number of nitro groups is 1. The van der Waals surface area contributed by atoms with E-state index in [1.54, 1.807) is 11.9 Å². The molecule has 0 unspecified atom stereocenters. The fraction of sp³-hybridized carbons (Fsp3) is 0.111. The summed E-state index contributed by atoms with van der Waals surface area (Å²) in [5.41, 5.74) is 0.271. The molecule has 27 heavy (non-hydrogen) atoms. The normalized spacial score (nSPS) is 14.3. The number of anilines is 1. The second-order valence-electron chi connectivity index (χ2n) is 5.50. The number of nitrogens with zero attached hydrogens (tertiary/aromatic N) is 3. The van der Waals surface area contributed by atoms with Crippen LogP contribution in [0.1, 0.15) is 0 Å². The summed E-state index contributed by atoms with van der Waals surface area (Å²) in [6, 6.07) is 12.0. The second-order valence-corrected chi connectivity index (χ2v) is 6.53. The van der Waals surface area contributed by atoms with E-state index < -0.39 is 28.8 Å². The van der Waals surface area contributed by atoms with Gasteiger partial charge in [-0.1, -0.05) is 23.9 Å². The lowest BCUT2D eigenvalue weighted by Gasteiger charge is -2.14. The van der Waals surface area contributed by atoms with Crippen molar-refractivity contribution in [3.63, 3.8) is 0 Å². The zero-order valence-corrected chi connectivity index (χ0v) is 14.8. The van der Waals surface area contributed by atoms with E-state index in [2.05, 4.69) is 0 Å². The average Bonchev–Trinajstić information content (AvgIpc) is 2.97. The number of para-hydroxylation sites is 1. The van der Waals surface area contributed by atoms with Crippen molar-refractivity contribution in [2.45, 2.75) is 4.90 Å². The summed E-state index contributed by atoms with van der Waals surface area (Å²) in [5.74, 6) is -1.76. The zero-order chi connectivity index (χ0) is 19.6. The molecule has 0 aliphatic carbocycles. The van der Waals surface area contributed by atoms with E-state index in [4.69, 9.17) is 4.74 Å². The number of carbonyl (C=O) groups excluding carboxylic acids is 1. The quantitative estimate of drug-likeness (QED) is 0.335. The number of thioether (sulfide) groups is 1. The maximum atomic E-state index is 13.3. The molecular formula is C18H12FN3O4S. The van der Waals surface area contributed by atoms with Gasteiger partial charge in [0.25, 0.3) is 0 Å². The Morgan fingerprint density at radius 3 is 2.78 bits per heavy atom. The number of carbonyl (C=O) groups is 1. The maximum Gasteiger partial charge on any atom is 0.311 e. The van der Waals surface area contributed by atoms with Crippen molar-refractivity contribution in [1.29, 1.82) is 5.26 Å². The Kier molecular flexibility index (Phi) is 5.09. The van der Waals surface area contributed by atoms with Gasteiger partial charge in [-0.05, 0) is 18.2 Å². The highest BCUT2D eigenvalue weighted by atomic mass is 32.2. The lowest BCUT2D eigenvalue weighted by Crippen LogP contribution is -2.19. The summed E-state index contributed by atoms with van der Waals surface area (Å²) in [7, 11) is 1.73. The minimum absolute atomic E-state index is 0.127. The van der Waals surface area contributed by atoms with Crippen LogP contribution in [0.4, 0.5) is 15.8 Å². The van der Waals surface area contributed by atoms with Gasteiger partial charge < -0.3 is 9.64 Å². The zero-order valence-electron chi connectivity index (χ0n) is 14.0. The van der Waals surface area contributed by atoms with Crippen LogP contribution in [0.15, 0.2) is 58.0 Å². The van der Waals surface area contributed by atoms with Crippen LogP contribution >= 0.6 is 11.8 Å². The predicted octanol–water partition coefficient (Wildman–Crippen LogP) is 3.66. The monoisotopic (exact) mass is 385 g/mol. The summed E-state index contributed by atoms with van der Waals surface area (Å²) in [4.78, 5) is 25.4. The van der Waals surface area contributed by atoms with Gasteiger partial charge in [0.2, 0.25) is 5.78 Å². The van der Waals surface area contributed by atoms with Gasteiger partial charge in [-0.15, -0.1) is 0 Å². The highest BCUT2D eigenvalue weighted by molar-refractivity contribution is 8.03. The number of benzene rings is 2. The molecule has 1 heterocycles. The van der Waals surface area contributed by atoms with Crippen molar-refractivity contribution in [3.05, 3.63) is 69.0 Å². The van der Waals surface area contributed by atoms with Gasteiger partial charge >= 0.3 is 5.69 Å². The maximum absolute atomic E-state index is 13.3. The molecule has 136 valence electrons. The number of nitro benzene ring substituents is 1. The third-order valence-electron chi connectivity index (χ3n) is 3.82. The molecule has 0 spiro atoms. The van der Waals surface area contributed by atoms with Gasteiger partial charge in [-0.2, -0.15) is 5.26 Å². The van der Waals surface area contributed by atoms with Crippen LogP contribution in [-0.4, -0.2) is 24.4 Å². The van der Waals surface area contributed by atoms with Crippen LogP contribution in [0, 0.1) is 27.3 Å². The fourth-order valence-electron chi connectivity index (χ4n) is 2.52. The average molecular weight is 385 g/mol. The van der Waals surface area contributed by atoms with Crippen molar-refractivity contribution < 1.29 is 18.8 Å². The van der Waals surface area contributed by atoms with Gasteiger partial charge in [-0.3, -0.25) is 14.9 Å². The number of hydrogen-bond donors (Lipinski definition) is 0. The molecule has 9 heteroatoms. The van der Waals surface area contributed by atoms with E-state index >= 15 is 0 Å². The number of fused-ring (bicyclic) bond motifs is 1. The van der Waals surface area contributed by atoms with Crippen LogP contribution in [0.3, 0.4) is 0 Å². The molecule has 3 rings (SSSR count). The van der Waals surface area contributed by atoms with Crippen molar-refractivity contribution in [2.24, 2.45) is 0 Å². The first-order valence-electron chi connectivity index (χ1n) is 7.67. The number of ketones is 1. The van der Waals surface area contributed by atoms with Gasteiger partial charge in [0.05, 0.1) is 10.6 Å². The Bertz CT molecular complexity index is 1020. The molecule has 2 aromatic rings. The first-order valence-corrected chi connectivity index (χ1v) is 8.49. The lowest BCUT2D eigenvalue weighted by molar-refractivity contribution is -0.385. The number of rotatable bonds is 5. The molecule has 0 atom stereocenters. The van der Waals surface area contributed by atoms with Crippen LogP contribution in [-0.2, 0) is 4.79 Å². The molecule has 0 fully saturated rings. The van der Waals surface area contributed by atoms with Crippen molar-refractivity contribution >= 4 is 28.9 Å². The minimum atomic E-state index is -0.736. The second kappa shape index (κ2) is 7.47. The van der Waals surface area contributed by atoms with Crippen LogP contribution in [0.5, 0.6) is 5.75 Å². The van der Waals surface area contributed by atoms with Crippen molar-refractivity contribution in [2.75, 3.05) is 18.6 Å². The number of Topliss-reactive ketones (excluding diaryl/α,β-unsaturated/α-hetero) is 1. The Labute approximate surface area is 157 Å². The SMILES string of the molecule is CN1C(=C(C#N)C(=O)COc2cc(F)ccc2[N+](=O)[O-])Sc2ccccc21. The Balaban J connectivity index is 1.83. The Morgan fingerprint density at radius 1 is 1.37 bits per heavy atom. The van der Waals surface area contributed by atoms with Gasteiger partial charge in [0.1, 0.15) is 22.5 Å². The first kappa shape index (κ1) is 18.4. The third-order valence-corrected chi connectivity index (χ3v) is 5.06. The topological polar surface area (TPSA) is 96.5 Å². The van der Waals surface area contributed by atoms with E-state index in [0.717, 1.165) is 28.8 Å². The summed E-state index contributed by atoms with van der Waals surface area (Å²) in [6.07, 6.45) is 0. The lowest BCUT2D eigenvalue weighted by atomic mass is 10.2. The molecule has 0 aromatic heterocycles. The van der Waals surface area contributed by atoms with Crippen molar-refractivity contribution in [3.8, 4) is 11.8 Å². The highest BCUT2D eigenvalue weighted by Gasteiger charge is 2.28. The molecule has 1 aliphatic rings. The summed E-state index contributed by atoms with van der Waals surface area (Å²) in [5, 5.41) is 20.9. The molecule has 0 N–H and O–H groups in total. The van der Waals surface area contributed by atoms with Crippen LogP contribution < -0.4 is 9.64 Å². The molecule has 0 saturated carbocycles. The molecule has 0 bridgehead atoms. The molecule has 2 aromatic carbocycles. The molecular weight excluding hydrogens is 373 g/mol. The molecule has 0 saturated heterocycles. The summed E-state index contributed by atoms with van der Waals surface area (Å²) >= 11 is 1.28. The number of ether oxygens (including phenoxy) is 1. The Morgan fingerprint density at radius 2 is 2.11 bits per heavy atom. The van der Waals surface area contributed by atoms with Gasteiger partial charge in [-0.25, -0.2) is 4.39 Å².